The summed E-state index contributed by atoms with van der Waals surface area (Å²) in [5.74, 6) is 0.979. The summed E-state index contributed by atoms with van der Waals surface area (Å²) in [5.41, 5.74) is 0.900. The molecule has 122 valence electrons. The fraction of sp³-hybridized carbons (Fsp3) is 0.471. The zero-order valence-electron chi connectivity index (χ0n) is 13.4. The minimum absolute atomic E-state index is 0.0867. The van der Waals surface area contributed by atoms with E-state index in [4.69, 9.17) is 4.52 Å². The monoisotopic (exact) mass is 314 g/mol. The van der Waals surface area contributed by atoms with Crippen molar-refractivity contribution in [1.29, 1.82) is 0 Å². The molecular weight excluding hydrogens is 292 g/mol. The van der Waals surface area contributed by atoms with Gasteiger partial charge < -0.3 is 14.7 Å². The molecule has 0 saturated heterocycles. The molecule has 1 aromatic carbocycles. The van der Waals surface area contributed by atoms with E-state index in [2.05, 4.69) is 15.5 Å². The number of aromatic nitrogens is 2. The molecule has 6 nitrogen and oxygen atoms in total. The van der Waals surface area contributed by atoms with E-state index >= 15 is 0 Å². The Hall–Kier alpha value is -2.37. The predicted molar refractivity (Wildman–Crippen MR) is 86.6 cm³/mol. The average Bonchev–Trinajstić information content (AvgIpc) is 3.05. The lowest BCUT2D eigenvalue weighted by Gasteiger charge is -2.25. The highest BCUT2D eigenvalue weighted by molar-refractivity contribution is 5.74. The van der Waals surface area contributed by atoms with Gasteiger partial charge in [-0.2, -0.15) is 4.98 Å². The molecule has 0 spiro atoms. The second kappa shape index (κ2) is 7.26. The summed E-state index contributed by atoms with van der Waals surface area (Å²) in [6.45, 7) is 0.304. The zero-order valence-corrected chi connectivity index (χ0v) is 13.4. The van der Waals surface area contributed by atoms with Gasteiger partial charge in [0.25, 0.3) is 0 Å². The Morgan fingerprint density at radius 3 is 2.74 bits per heavy atom. The van der Waals surface area contributed by atoms with Crippen LogP contribution >= 0.6 is 0 Å². The number of carbonyl (C=O) groups excluding carboxylic acids is 1. The molecule has 0 bridgehead atoms. The molecule has 23 heavy (non-hydrogen) atoms. The number of amides is 2. The highest BCUT2D eigenvalue weighted by Crippen LogP contribution is 2.18. The van der Waals surface area contributed by atoms with Gasteiger partial charge in [0, 0.05) is 18.7 Å². The molecule has 0 radical (unpaired) electrons. The SMILES string of the molecule is CN(Cc1nc(-c2ccccc2)no1)C(=O)NC1CCCCC1. The van der Waals surface area contributed by atoms with E-state index in [0.717, 1.165) is 18.4 Å². The molecule has 1 saturated carbocycles. The van der Waals surface area contributed by atoms with Gasteiger partial charge >= 0.3 is 6.03 Å². The van der Waals surface area contributed by atoms with E-state index in [0.29, 0.717) is 24.3 Å². The Bertz CT molecular complexity index is 635. The molecule has 1 aromatic heterocycles. The number of rotatable bonds is 4. The topological polar surface area (TPSA) is 71.3 Å². The second-order valence-electron chi connectivity index (χ2n) is 6.02. The van der Waals surface area contributed by atoms with Gasteiger partial charge in [-0.25, -0.2) is 4.79 Å². The lowest BCUT2D eigenvalue weighted by atomic mass is 9.96. The lowest BCUT2D eigenvalue weighted by molar-refractivity contribution is 0.192. The maximum Gasteiger partial charge on any atom is 0.317 e. The molecule has 1 heterocycles. The second-order valence-corrected chi connectivity index (χ2v) is 6.02. The Morgan fingerprint density at radius 2 is 2.00 bits per heavy atom. The number of nitrogens with zero attached hydrogens (tertiary/aromatic N) is 3. The highest BCUT2D eigenvalue weighted by Gasteiger charge is 2.19. The Kier molecular flexibility index (Phi) is 4.90. The third-order valence-corrected chi connectivity index (χ3v) is 4.15. The first-order valence-corrected chi connectivity index (χ1v) is 8.12. The van der Waals surface area contributed by atoms with Crippen molar-refractivity contribution >= 4 is 6.03 Å². The third kappa shape index (κ3) is 4.09. The van der Waals surface area contributed by atoms with Crippen LogP contribution in [0.4, 0.5) is 4.79 Å². The van der Waals surface area contributed by atoms with Gasteiger partial charge in [0.15, 0.2) is 0 Å². The summed E-state index contributed by atoms with van der Waals surface area (Å²) in [5, 5.41) is 7.04. The van der Waals surface area contributed by atoms with Crippen LogP contribution in [-0.2, 0) is 6.54 Å². The van der Waals surface area contributed by atoms with E-state index in [9.17, 15) is 4.79 Å². The van der Waals surface area contributed by atoms with Gasteiger partial charge in [0.1, 0.15) is 6.54 Å². The van der Waals surface area contributed by atoms with Gasteiger partial charge in [0.05, 0.1) is 0 Å². The zero-order chi connectivity index (χ0) is 16.1. The van der Waals surface area contributed by atoms with E-state index in [-0.39, 0.29) is 6.03 Å². The molecule has 0 aliphatic heterocycles. The molecule has 2 aromatic rings. The van der Waals surface area contributed by atoms with E-state index in [1.165, 1.54) is 19.3 Å². The predicted octanol–water partition coefficient (Wildman–Crippen LogP) is 3.21. The average molecular weight is 314 g/mol. The summed E-state index contributed by atoms with van der Waals surface area (Å²) in [6, 6.07) is 9.85. The molecule has 1 aliphatic carbocycles. The van der Waals surface area contributed by atoms with Crippen molar-refractivity contribution in [2.75, 3.05) is 7.05 Å². The molecule has 3 rings (SSSR count). The number of urea groups is 1. The first kappa shape index (κ1) is 15.5. The molecule has 0 atom stereocenters. The maximum absolute atomic E-state index is 12.2. The van der Waals surface area contributed by atoms with Crippen LogP contribution in [0.1, 0.15) is 38.0 Å². The van der Waals surface area contributed by atoms with Crippen LogP contribution in [-0.4, -0.2) is 34.2 Å². The maximum atomic E-state index is 12.2. The van der Waals surface area contributed by atoms with E-state index < -0.39 is 0 Å². The van der Waals surface area contributed by atoms with Crippen molar-refractivity contribution in [3.05, 3.63) is 36.2 Å². The first-order chi connectivity index (χ1) is 11.2. The Morgan fingerprint density at radius 1 is 1.26 bits per heavy atom. The van der Waals surface area contributed by atoms with Crippen LogP contribution in [0, 0.1) is 0 Å². The number of benzene rings is 1. The standard InChI is InChI=1S/C17H22N4O2/c1-21(17(22)18-14-10-6-3-7-11-14)12-15-19-16(20-23-15)13-8-4-2-5-9-13/h2,4-5,8-9,14H,3,6-7,10-12H2,1H3,(H,18,22). The Labute approximate surface area is 135 Å². The number of hydrogen-bond acceptors (Lipinski definition) is 4. The van der Waals surface area contributed by atoms with Crippen LogP contribution in [0.2, 0.25) is 0 Å². The molecule has 6 heteroatoms. The molecule has 1 fully saturated rings. The minimum Gasteiger partial charge on any atom is -0.337 e. The summed E-state index contributed by atoms with van der Waals surface area (Å²) in [4.78, 5) is 18.1. The van der Waals surface area contributed by atoms with Crippen molar-refractivity contribution in [3.63, 3.8) is 0 Å². The van der Waals surface area contributed by atoms with Crippen molar-refractivity contribution in [1.82, 2.24) is 20.4 Å². The number of hydrogen-bond donors (Lipinski definition) is 1. The van der Waals surface area contributed by atoms with Crippen molar-refractivity contribution < 1.29 is 9.32 Å². The molecule has 0 unspecified atom stereocenters. The van der Waals surface area contributed by atoms with Gasteiger partial charge in [0.2, 0.25) is 11.7 Å². The van der Waals surface area contributed by atoms with Crippen LogP contribution in [0.3, 0.4) is 0 Å². The van der Waals surface area contributed by atoms with Gasteiger partial charge in [-0.3, -0.25) is 0 Å². The van der Waals surface area contributed by atoms with Crippen LogP contribution < -0.4 is 5.32 Å². The third-order valence-electron chi connectivity index (χ3n) is 4.15. The van der Waals surface area contributed by atoms with Crippen molar-refractivity contribution in [2.24, 2.45) is 0 Å². The van der Waals surface area contributed by atoms with Crippen molar-refractivity contribution in [2.45, 2.75) is 44.7 Å². The molecule has 2 amide bonds. The van der Waals surface area contributed by atoms with Crippen LogP contribution in [0.5, 0.6) is 0 Å². The largest absolute Gasteiger partial charge is 0.337 e. The molecular formula is C17H22N4O2. The number of carbonyl (C=O) groups is 1. The van der Waals surface area contributed by atoms with Crippen LogP contribution in [0.15, 0.2) is 34.9 Å². The minimum atomic E-state index is -0.0867. The number of nitrogens with one attached hydrogen (secondary N) is 1. The van der Waals surface area contributed by atoms with Gasteiger partial charge in [-0.15, -0.1) is 0 Å². The highest BCUT2D eigenvalue weighted by atomic mass is 16.5. The van der Waals surface area contributed by atoms with Crippen molar-refractivity contribution in [3.8, 4) is 11.4 Å². The van der Waals surface area contributed by atoms with E-state index in [1.54, 1.807) is 11.9 Å². The fourth-order valence-electron chi connectivity index (χ4n) is 2.83. The summed E-state index contributed by atoms with van der Waals surface area (Å²) < 4.78 is 5.25. The normalized spacial score (nSPS) is 15.3. The van der Waals surface area contributed by atoms with Gasteiger partial charge in [-0.1, -0.05) is 54.8 Å². The first-order valence-electron chi connectivity index (χ1n) is 8.12. The van der Waals surface area contributed by atoms with E-state index in [1.807, 2.05) is 30.3 Å². The summed E-state index contributed by atoms with van der Waals surface area (Å²) in [7, 11) is 1.74. The quantitative estimate of drug-likeness (QED) is 0.940. The lowest BCUT2D eigenvalue weighted by Crippen LogP contribution is -2.43. The molecule has 1 N–H and O–H groups in total. The fourth-order valence-corrected chi connectivity index (χ4v) is 2.83. The molecule has 1 aliphatic rings. The summed E-state index contributed by atoms with van der Waals surface area (Å²) in [6.07, 6.45) is 5.79. The Balaban J connectivity index is 1.56. The smallest absolute Gasteiger partial charge is 0.317 e. The summed E-state index contributed by atoms with van der Waals surface area (Å²) >= 11 is 0. The van der Waals surface area contributed by atoms with Gasteiger partial charge in [-0.05, 0) is 12.8 Å². The van der Waals surface area contributed by atoms with Crippen LogP contribution in [0.25, 0.3) is 11.4 Å².